The lowest BCUT2D eigenvalue weighted by molar-refractivity contribution is -0.120. The van der Waals surface area contributed by atoms with Crippen LogP contribution in [-0.4, -0.2) is 18.1 Å². The van der Waals surface area contributed by atoms with Crippen LogP contribution in [0.3, 0.4) is 0 Å². The zero-order chi connectivity index (χ0) is 56.2. The monoisotopic (exact) mass is 1050 g/mol. The average molecular weight is 1050 g/mol. The number of rotatable bonds is 15. The number of aldehydes is 1. The first-order chi connectivity index (χ1) is 36.8. The number of hydrogen-bond donors (Lipinski definition) is 1. The number of carbonyl (C=O) groups excluding carboxylic acids is 2. The summed E-state index contributed by atoms with van der Waals surface area (Å²) in [6, 6.07) is 51.3. The van der Waals surface area contributed by atoms with Crippen molar-refractivity contribution < 1.29 is 44.7 Å². The number of nitriles is 1. The molecule has 0 amide bonds. The van der Waals surface area contributed by atoms with Gasteiger partial charge in [0.15, 0.2) is 0 Å². The van der Waals surface area contributed by atoms with Gasteiger partial charge in [-0.1, -0.05) is 118 Å². The molecule has 8 rings (SSSR count). The van der Waals surface area contributed by atoms with Crippen LogP contribution in [0.5, 0.6) is 0 Å². The zero-order valence-corrected chi connectivity index (χ0v) is 43.2. The van der Waals surface area contributed by atoms with Gasteiger partial charge in [0.25, 0.3) is 0 Å². The van der Waals surface area contributed by atoms with Gasteiger partial charge in [-0.15, -0.1) is 0 Å². The second kappa shape index (κ2) is 29.3. The van der Waals surface area contributed by atoms with Crippen LogP contribution in [0.25, 0.3) is 0 Å². The molecule has 0 aliphatic carbocycles. The van der Waals surface area contributed by atoms with Crippen molar-refractivity contribution in [1.82, 2.24) is 0 Å². The Morgan fingerprint density at radius 2 is 0.688 bits per heavy atom. The SMILES string of the molecule is CC(=O)C(C)C(c1cccc(F)c1)c1cccc(F)c1.CC(C=O)C(c1cccc(F)c1)c1cccc(F)c1.CC(N)C(C)C(c1cccc(F)c1)c1cccc(F)c1.N#CCC(c1cccc(F)c1)c1cccc(F)c1. The molecule has 0 saturated carbocycles. The maximum Gasteiger partial charge on any atom is 0.133 e. The minimum Gasteiger partial charge on any atom is -0.328 e. The highest BCUT2D eigenvalue weighted by Crippen LogP contribution is 2.36. The number of hydrogen-bond acceptors (Lipinski definition) is 4. The van der Waals surface area contributed by atoms with E-state index in [2.05, 4.69) is 6.07 Å². The average Bonchev–Trinajstić information content (AvgIpc) is 3.39. The highest BCUT2D eigenvalue weighted by molar-refractivity contribution is 5.79. The first-order valence-electron chi connectivity index (χ1n) is 24.9. The maximum absolute atomic E-state index is 13.5. The van der Waals surface area contributed by atoms with Crippen molar-refractivity contribution in [2.24, 2.45) is 23.5 Å². The van der Waals surface area contributed by atoms with Crippen molar-refractivity contribution in [3.8, 4) is 6.07 Å². The summed E-state index contributed by atoms with van der Waals surface area (Å²) in [5.41, 5.74) is 11.7. The molecule has 8 aromatic carbocycles. The molecule has 4 unspecified atom stereocenters. The number of nitrogens with zero attached hydrogens (tertiary/aromatic N) is 1. The van der Waals surface area contributed by atoms with Gasteiger partial charge in [0, 0.05) is 48.0 Å². The molecule has 0 heterocycles. The summed E-state index contributed by atoms with van der Waals surface area (Å²) >= 11 is 0. The summed E-state index contributed by atoms with van der Waals surface area (Å²) in [7, 11) is 0. The summed E-state index contributed by atoms with van der Waals surface area (Å²) < 4.78 is 107. The highest BCUT2D eigenvalue weighted by Gasteiger charge is 2.27. The van der Waals surface area contributed by atoms with E-state index in [-0.39, 0.29) is 106 Å². The Kier molecular flexibility index (Phi) is 22.8. The topological polar surface area (TPSA) is 83.9 Å². The smallest absolute Gasteiger partial charge is 0.133 e. The molecule has 77 heavy (non-hydrogen) atoms. The van der Waals surface area contributed by atoms with E-state index in [0.717, 1.165) is 17.4 Å². The van der Waals surface area contributed by atoms with Crippen molar-refractivity contribution in [2.45, 2.75) is 70.8 Å². The van der Waals surface area contributed by atoms with Gasteiger partial charge in [-0.25, -0.2) is 35.1 Å². The Morgan fingerprint density at radius 3 is 0.922 bits per heavy atom. The lowest BCUT2D eigenvalue weighted by Crippen LogP contribution is -2.30. The Morgan fingerprint density at radius 1 is 0.442 bits per heavy atom. The molecule has 0 spiro atoms. The number of benzene rings is 8. The molecule has 4 nitrogen and oxygen atoms in total. The molecular weight excluding hydrogens is 993 g/mol. The summed E-state index contributed by atoms with van der Waals surface area (Å²) in [6.07, 6.45) is 0.993. The molecule has 0 bridgehead atoms. The molecule has 0 fully saturated rings. The maximum atomic E-state index is 13.5. The Labute approximate surface area is 445 Å². The molecule has 2 N–H and O–H groups in total. The second-order valence-electron chi connectivity index (χ2n) is 18.9. The Bertz CT molecular complexity index is 3050. The number of halogens is 8. The quantitative estimate of drug-likeness (QED) is 0.0819. The third-order valence-corrected chi connectivity index (χ3v) is 13.3. The van der Waals surface area contributed by atoms with Crippen molar-refractivity contribution in [1.29, 1.82) is 5.26 Å². The van der Waals surface area contributed by atoms with Gasteiger partial charge >= 0.3 is 0 Å². The minimum atomic E-state index is -0.364. The van der Waals surface area contributed by atoms with Gasteiger partial charge in [-0.05, 0) is 161 Å². The predicted octanol–water partition coefficient (Wildman–Crippen LogP) is 16.3. The summed E-state index contributed by atoms with van der Waals surface area (Å²) in [5.74, 6) is -4.51. The van der Waals surface area contributed by atoms with Gasteiger partial charge < -0.3 is 10.5 Å². The number of nitrogens with two attached hydrogens (primary N) is 1. The van der Waals surface area contributed by atoms with Gasteiger partial charge in [-0.2, -0.15) is 5.26 Å². The minimum absolute atomic E-state index is 0.0106. The van der Waals surface area contributed by atoms with E-state index >= 15 is 0 Å². The van der Waals surface area contributed by atoms with E-state index < -0.39 is 0 Å². The molecule has 0 radical (unpaired) electrons. The molecule has 0 aromatic heterocycles. The van der Waals surface area contributed by atoms with E-state index in [4.69, 9.17) is 11.0 Å². The van der Waals surface area contributed by atoms with Crippen molar-refractivity contribution >= 4 is 12.1 Å². The number of ketones is 1. The first kappa shape index (κ1) is 59.9. The molecule has 0 aliphatic heterocycles. The Hall–Kier alpha value is -8.01. The summed E-state index contributed by atoms with van der Waals surface area (Å²) in [6.45, 7) is 8.94. The fourth-order valence-corrected chi connectivity index (χ4v) is 9.15. The predicted molar refractivity (Wildman–Crippen MR) is 287 cm³/mol. The van der Waals surface area contributed by atoms with E-state index in [1.54, 1.807) is 98.8 Å². The van der Waals surface area contributed by atoms with Crippen molar-refractivity contribution in [3.05, 3.63) is 285 Å². The molecule has 0 aliphatic rings. The van der Waals surface area contributed by atoms with Crippen LogP contribution >= 0.6 is 0 Å². The lowest BCUT2D eigenvalue weighted by atomic mass is 9.78. The van der Waals surface area contributed by atoms with Crippen LogP contribution in [0, 0.1) is 75.6 Å². The third-order valence-electron chi connectivity index (χ3n) is 13.3. The molecule has 8 aromatic rings. The molecule has 12 heteroatoms. The molecule has 398 valence electrons. The second-order valence-corrected chi connectivity index (χ2v) is 18.9. The standard InChI is InChI=1S/C17H19F2N.C17H16F2O.C16H14F2O.C15H11F2N/c2*1-11(12(2)20)17(13-5-3-7-15(18)9-13)14-6-4-8-16(19)10-14;1-11(10-19)16(12-4-2-6-14(17)8-12)13-5-3-7-15(18)9-13;16-13-5-1-3-11(9-13)15(7-8-18)12-4-2-6-14(17)10-12/h3-12,17H,20H2,1-2H3;3-11,17H,1-2H3;2-11,16H,1H3;1-6,9-10,15H,7H2. The van der Waals surface area contributed by atoms with Crippen LogP contribution in [0.2, 0.25) is 0 Å². The molecule has 4 atom stereocenters. The van der Waals surface area contributed by atoms with Crippen LogP contribution in [-0.2, 0) is 9.59 Å². The number of carbonyl (C=O) groups is 2. The van der Waals surface area contributed by atoms with Crippen molar-refractivity contribution in [3.63, 3.8) is 0 Å². The van der Waals surface area contributed by atoms with E-state index in [0.29, 0.717) is 33.4 Å². The van der Waals surface area contributed by atoms with E-state index in [9.17, 15) is 44.7 Å². The zero-order valence-electron chi connectivity index (χ0n) is 43.2. The van der Waals surface area contributed by atoms with Gasteiger partial charge in [0.1, 0.15) is 58.6 Å². The van der Waals surface area contributed by atoms with Crippen LogP contribution < -0.4 is 5.73 Å². The summed E-state index contributed by atoms with van der Waals surface area (Å²) in [5, 5.41) is 8.86. The highest BCUT2D eigenvalue weighted by atomic mass is 19.2. The van der Waals surface area contributed by atoms with E-state index in [1.807, 2.05) is 26.0 Å². The Balaban J connectivity index is 0.000000189. The van der Waals surface area contributed by atoms with E-state index in [1.165, 1.54) is 104 Å². The number of Topliss-reactive ketones (excluding diaryl/α,β-unsaturated/α-hetero) is 1. The van der Waals surface area contributed by atoms with Gasteiger partial charge in [0.2, 0.25) is 0 Å². The third kappa shape index (κ3) is 17.8. The van der Waals surface area contributed by atoms with Gasteiger partial charge in [-0.3, -0.25) is 4.79 Å². The fourth-order valence-electron chi connectivity index (χ4n) is 9.15. The summed E-state index contributed by atoms with van der Waals surface area (Å²) in [4.78, 5) is 22.8. The normalized spacial score (nSPS) is 12.4. The molecular formula is C65H60F8N2O2. The first-order valence-corrected chi connectivity index (χ1v) is 24.9. The molecule has 0 saturated heterocycles. The van der Waals surface area contributed by atoms with Crippen LogP contribution in [0.15, 0.2) is 194 Å². The lowest BCUT2D eigenvalue weighted by Gasteiger charge is -2.28. The fraction of sp³-hybridized carbons (Fsp3) is 0.215. The van der Waals surface area contributed by atoms with Crippen LogP contribution in [0.4, 0.5) is 35.1 Å². The van der Waals surface area contributed by atoms with Gasteiger partial charge in [0.05, 0.1) is 6.07 Å². The van der Waals surface area contributed by atoms with Crippen LogP contribution in [0.1, 0.15) is 109 Å². The van der Waals surface area contributed by atoms with Crippen molar-refractivity contribution in [2.75, 3.05) is 0 Å². The largest absolute Gasteiger partial charge is 0.328 e.